The third-order valence-electron chi connectivity index (χ3n) is 2.66. The Balaban J connectivity index is 2.19. The highest BCUT2D eigenvalue weighted by Gasteiger charge is 2.20. The number of rotatable bonds is 3. The molecule has 0 aromatic rings. The summed E-state index contributed by atoms with van der Waals surface area (Å²) in [7, 11) is 0. The highest BCUT2D eigenvalue weighted by atomic mass is 16.5. The van der Waals surface area contributed by atoms with E-state index in [1.165, 1.54) is 0 Å². The maximum atomic E-state index is 11.6. The lowest BCUT2D eigenvalue weighted by Crippen LogP contribution is -2.49. The van der Waals surface area contributed by atoms with E-state index in [0.29, 0.717) is 6.04 Å². The fourth-order valence-electron chi connectivity index (χ4n) is 1.67. The molecule has 2 N–H and O–H groups in total. The summed E-state index contributed by atoms with van der Waals surface area (Å²) in [6, 6.07) is 0.825. The summed E-state index contributed by atoms with van der Waals surface area (Å²) >= 11 is 0. The maximum absolute atomic E-state index is 11.6. The predicted molar refractivity (Wildman–Crippen MR) is 64.3 cm³/mol. The lowest BCUT2D eigenvalue weighted by molar-refractivity contribution is -0.131. The van der Waals surface area contributed by atoms with Crippen molar-refractivity contribution in [2.75, 3.05) is 13.2 Å². The van der Waals surface area contributed by atoms with Crippen molar-refractivity contribution < 1.29 is 9.53 Å². The Labute approximate surface area is 98.1 Å². The first-order valence-electron chi connectivity index (χ1n) is 6.03. The molecule has 4 nitrogen and oxygen atoms in total. The molecule has 1 fully saturated rings. The van der Waals surface area contributed by atoms with Crippen LogP contribution >= 0.6 is 0 Å². The number of carbonyl (C=O) groups is 1. The molecule has 0 aromatic heterocycles. The molecular formula is C12H24N2O2. The highest BCUT2D eigenvalue weighted by molar-refractivity contribution is 5.77. The minimum atomic E-state index is -0.253. The minimum absolute atomic E-state index is 0.0173. The van der Waals surface area contributed by atoms with Gasteiger partial charge in [0.2, 0.25) is 5.91 Å². The largest absolute Gasteiger partial charge is 0.366 e. The van der Waals surface area contributed by atoms with E-state index < -0.39 is 0 Å². The number of ether oxygens (including phenoxy) is 1. The summed E-state index contributed by atoms with van der Waals surface area (Å²) in [6.07, 6.45) is 2.17. The Hall–Kier alpha value is -0.610. The van der Waals surface area contributed by atoms with Gasteiger partial charge >= 0.3 is 0 Å². The molecule has 1 saturated heterocycles. The van der Waals surface area contributed by atoms with E-state index >= 15 is 0 Å². The second-order valence-electron chi connectivity index (χ2n) is 5.55. The van der Waals surface area contributed by atoms with E-state index in [4.69, 9.17) is 4.74 Å². The molecule has 0 spiro atoms. The van der Waals surface area contributed by atoms with E-state index in [0.717, 1.165) is 19.4 Å². The normalized spacial score (nSPS) is 26.5. The molecule has 2 atom stereocenters. The Morgan fingerprint density at radius 3 is 2.62 bits per heavy atom. The Bertz CT molecular complexity index is 228. The van der Waals surface area contributed by atoms with Crippen LogP contribution in [0.15, 0.2) is 0 Å². The SMILES string of the molecule is CC1CCC(NC(=O)COC(C)(C)C)CN1. The zero-order chi connectivity index (χ0) is 12.2. The molecule has 1 heterocycles. The van der Waals surface area contributed by atoms with Crippen LogP contribution < -0.4 is 10.6 Å². The van der Waals surface area contributed by atoms with Gasteiger partial charge in [-0.15, -0.1) is 0 Å². The van der Waals surface area contributed by atoms with Crippen molar-refractivity contribution in [1.82, 2.24) is 10.6 Å². The van der Waals surface area contributed by atoms with Gasteiger partial charge in [0.25, 0.3) is 0 Å². The van der Waals surface area contributed by atoms with E-state index in [9.17, 15) is 4.79 Å². The first-order chi connectivity index (χ1) is 7.37. The van der Waals surface area contributed by atoms with E-state index in [-0.39, 0.29) is 24.2 Å². The second kappa shape index (κ2) is 5.64. The summed E-state index contributed by atoms with van der Waals surface area (Å²) in [5, 5.41) is 6.34. The molecule has 1 rings (SSSR count). The van der Waals surface area contributed by atoms with Gasteiger partial charge in [-0.3, -0.25) is 4.79 Å². The minimum Gasteiger partial charge on any atom is -0.366 e. The third kappa shape index (κ3) is 5.47. The van der Waals surface area contributed by atoms with E-state index in [2.05, 4.69) is 17.6 Å². The maximum Gasteiger partial charge on any atom is 0.246 e. The molecule has 16 heavy (non-hydrogen) atoms. The molecular weight excluding hydrogens is 204 g/mol. The van der Waals surface area contributed by atoms with Crippen molar-refractivity contribution in [2.24, 2.45) is 0 Å². The van der Waals surface area contributed by atoms with Crippen molar-refractivity contribution >= 4 is 5.91 Å². The second-order valence-corrected chi connectivity index (χ2v) is 5.55. The van der Waals surface area contributed by atoms with Gasteiger partial charge in [-0.25, -0.2) is 0 Å². The van der Waals surface area contributed by atoms with Crippen LogP contribution in [0.25, 0.3) is 0 Å². The third-order valence-corrected chi connectivity index (χ3v) is 2.66. The number of hydrogen-bond donors (Lipinski definition) is 2. The molecule has 94 valence electrons. The molecule has 4 heteroatoms. The lowest BCUT2D eigenvalue weighted by atomic mass is 10.0. The number of hydrogen-bond acceptors (Lipinski definition) is 3. The van der Waals surface area contributed by atoms with Crippen molar-refractivity contribution in [1.29, 1.82) is 0 Å². The highest BCUT2D eigenvalue weighted by Crippen LogP contribution is 2.08. The average molecular weight is 228 g/mol. The van der Waals surface area contributed by atoms with Crippen molar-refractivity contribution in [3.8, 4) is 0 Å². The lowest BCUT2D eigenvalue weighted by Gasteiger charge is -2.28. The Morgan fingerprint density at radius 2 is 2.12 bits per heavy atom. The fourth-order valence-corrected chi connectivity index (χ4v) is 1.67. The van der Waals surface area contributed by atoms with Crippen molar-refractivity contribution in [2.45, 2.75) is 58.2 Å². The van der Waals surface area contributed by atoms with Gasteiger partial charge in [-0.1, -0.05) is 0 Å². The summed E-state index contributed by atoms with van der Waals surface area (Å²) in [5.74, 6) is -0.0173. The standard InChI is InChI=1S/C12H24N2O2/c1-9-5-6-10(7-13-9)14-11(15)8-16-12(2,3)4/h9-10,13H,5-8H2,1-4H3,(H,14,15). The topological polar surface area (TPSA) is 50.4 Å². The number of nitrogens with one attached hydrogen (secondary N) is 2. The van der Waals surface area contributed by atoms with Gasteiger partial charge < -0.3 is 15.4 Å². The van der Waals surface area contributed by atoms with Crippen LogP contribution in [0.3, 0.4) is 0 Å². The van der Waals surface area contributed by atoms with Crippen molar-refractivity contribution in [3.05, 3.63) is 0 Å². The summed E-state index contributed by atoms with van der Waals surface area (Å²) in [6.45, 7) is 9.02. The first-order valence-corrected chi connectivity index (χ1v) is 6.03. The molecule has 0 saturated carbocycles. The predicted octanol–water partition coefficient (Wildman–Crippen LogP) is 1.06. The van der Waals surface area contributed by atoms with Gasteiger partial charge in [0, 0.05) is 18.6 Å². The first kappa shape index (κ1) is 13.5. The average Bonchev–Trinajstić information content (AvgIpc) is 2.18. The van der Waals surface area contributed by atoms with Crippen LogP contribution in [-0.2, 0) is 9.53 Å². The molecule has 0 bridgehead atoms. The number of piperidine rings is 1. The molecule has 0 radical (unpaired) electrons. The van der Waals surface area contributed by atoms with Crippen LogP contribution in [0, 0.1) is 0 Å². The summed E-state index contributed by atoms with van der Waals surface area (Å²) in [5.41, 5.74) is -0.253. The smallest absolute Gasteiger partial charge is 0.246 e. The van der Waals surface area contributed by atoms with Gasteiger partial charge in [-0.05, 0) is 40.5 Å². The fraction of sp³-hybridized carbons (Fsp3) is 0.917. The molecule has 1 aliphatic heterocycles. The van der Waals surface area contributed by atoms with Gasteiger partial charge in [-0.2, -0.15) is 0 Å². The molecule has 0 aromatic carbocycles. The zero-order valence-electron chi connectivity index (χ0n) is 10.8. The van der Waals surface area contributed by atoms with Gasteiger partial charge in [0.1, 0.15) is 6.61 Å². The summed E-state index contributed by atoms with van der Waals surface area (Å²) < 4.78 is 5.42. The molecule has 2 unspecified atom stereocenters. The van der Waals surface area contributed by atoms with Gasteiger partial charge in [0.05, 0.1) is 5.60 Å². The number of carbonyl (C=O) groups excluding carboxylic acids is 1. The van der Waals surface area contributed by atoms with E-state index in [1.807, 2.05) is 20.8 Å². The Morgan fingerprint density at radius 1 is 1.44 bits per heavy atom. The van der Waals surface area contributed by atoms with E-state index in [1.54, 1.807) is 0 Å². The van der Waals surface area contributed by atoms with Crippen LogP contribution in [-0.4, -0.2) is 36.7 Å². The number of amides is 1. The van der Waals surface area contributed by atoms with Crippen molar-refractivity contribution in [3.63, 3.8) is 0 Å². The molecule has 1 aliphatic rings. The van der Waals surface area contributed by atoms with Crippen LogP contribution in [0.1, 0.15) is 40.5 Å². The quantitative estimate of drug-likeness (QED) is 0.759. The monoisotopic (exact) mass is 228 g/mol. The zero-order valence-corrected chi connectivity index (χ0v) is 10.8. The molecule has 0 aliphatic carbocycles. The van der Waals surface area contributed by atoms with Crippen LogP contribution in [0.4, 0.5) is 0 Å². The van der Waals surface area contributed by atoms with Crippen LogP contribution in [0.2, 0.25) is 0 Å². The van der Waals surface area contributed by atoms with Gasteiger partial charge in [0.15, 0.2) is 0 Å². The van der Waals surface area contributed by atoms with Crippen LogP contribution in [0.5, 0.6) is 0 Å². The molecule has 1 amide bonds. The summed E-state index contributed by atoms with van der Waals surface area (Å²) in [4.78, 5) is 11.6. The Kier molecular flexibility index (Phi) is 4.74.